The van der Waals surface area contributed by atoms with E-state index in [0.29, 0.717) is 5.92 Å². The van der Waals surface area contributed by atoms with Crippen molar-refractivity contribution in [2.45, 2.75) is 53.4 Å². The fourth-order valence-electron chi connectivity index (χ4n) is 3.25. The first-order valence-electron chi connectivity index (χ1n) is 7.98. The Bertz CT molecular complexity index is 809. The predicted molar refractivity (Wildman–Crippen MR) is 93.8 cm³/mol. The number of fused-ring (bicyclic) bond motifs is 1. The van der Waals surface area contributed by atoms with Crippen molar-refractivity contribution in [3.63, 3.8) is 0 Å². The number of rotatable bonds is 4. The molecule has 0 unspecified atom stereocenters. The van der Waals surface area contributed by atoms with E-state index in [-0.39, 0.29) is 0 Å². The Labute approximate surface area is 136 Å². The van der Waals surface area contributed by atoms with Crippen molar-refractivity contribution < 1.29 is 0 Å². The standard InChI is InChI=1S/C18H23N3S/c1-6-14(7-2)16-10-11(3)20-21-17(12(4)19-18(16)21)15-8-9-22-13(15)5/h8-10,14H,6-7H2,1-5H3. The molecule has 0 aliphatic carbocycles. The molecule has 0 bridgehead atoms. The Kier molecular flexibility index (Phi) is 4.04. The molecule has 3 nitrogen and oxygen atoms in total. The van der Waals surface area contributed by atoms with Gasteiger partial charge >= 0.3 is 0 Å². The molecule has 4 heteroatoms. The lowest BCUT2D eigenvalue weighted by Gasteiger charge is -2.14. The molecule has 22 heavy (non-hydrogen) atoms. The maximum absolute atomic E-state index is 4.87. The molecule has 0 atom stereocenters. The van der Waals surface area contributed by atoms with E-state index >= 15 is 0 Å². The van der Waals surface area contributed by atoms with Gasteiger partial charge in [0.2, 0.25) is 0 Å². The minimum absolute atomic E-state index is 0.544. The molecule has 3 heterocycles. The summed E-state index contributed by atoms with van der Waals surface area (Å²) in [7, 11) is 0. The van der Waals surface area contributed by atoms with Crippen LogP contribution in [0.4, 0.5) is 0 Å². The molecule has 0 aliphatic rings. The van der Waals surface area contributed by atoms with Crippen molar-refractivity contribution in [2.75, 3.05) is 0 Å². The number of imidazole rings is 1. The van der Waals surface area contributed by atoms with Crippen LogP contribution < -0.4 is 0 Å². The summed E-state index contributed by atoms with van der Waals surface area (Å²) in [5.74, 6) is 0.544. The third-order valence-electron chi connectivity index (χ3n) is 4.45. The molecule has 0 saturated carbocycles. The lowest BCUT2D eigenvalue weighted by atomic mass is 9.95. The summed E-state index contributed by atoms with van der Waals surface area (Å²) in [6.45, 7) is 10.8. The smallest absolute Gasteiger partial charge is 0.157 e. The van der Waals surface area contributed by atoms with Gasteiger partial charge in [-0.1, -0.05) is 13.8 Å². The van der Waals surface area contributed by atoms with E-state index < -0.39 is 0 Å². The van der Waals surface area contributed by atoms with E-state index in [0.717, 1.165) is 35.6 Å². The highest BCUT2D eigenvalue weighted by Crippen LogP contribution is 2.34. The molecule has 3 rings (SSSR count). The minimum Gasteiger partial charge on any atom is -0.231 e. The molecular weight excluding hydrogens is 290 g/mol. The average molecular weight is 313 g/mol. The van der Waals surface area contributed by atoms with Gasteiger partial charge in [0.1, 0.15) is 0 Å². The second kappa shape index (κ2) is 5.84. The summed E-state index contributed by atoms with van der Waals surface area (Å²) >= 11 is 1.77. The van der Waals surface area contributed by atoms with Crippen LogP contribution in [0.3, 0.4) is 0 Å². The lowest BCUT2D eigenvalue weighted by Crippen LogP contribution is -2.05. The second-order valence-electron chi connectivity index (χ2n) is 5.93. The first-order valence-corrected chi connectivity index (χ1v) is 8.86. The Balaban J connectivity index is 2.33. The maximum atomic E-state index is 4.87. The Morgan fingerprint density at radius 2 is 1.91 bits per heavy atom. The third kappa shape index (κ3) is 2.35. The Hall–Kier alpha value is -1.68. The van der Waals surface area contributed by atoms with Crippen LogP contribution in [0.15, 0.2) is 17.5 Å². The van der Waals surface area contributed by atoms with Gasteiger partial charge in [0, 0.05) is 16.0 Å². The van der Waals surface area contributed by atoms with Crippen LogP contribution in [-0.2, 0) is 0 Å². The number of hydrogen-bond acceptors (Lipinski definition) is 3. The van der Waals surface area contributed by atoms with Crippen molar-refractivity contribution in [1.29, 1.82) is 0 Å². The molecule has 3 aromatic heterocycles. The lowest BCUT2D eigenvalue weighted by molar-refractivity contribution is 0.638. The fraction of sp³-hybridized carbons (Fsp3) is 0.444. The van der Waals surface area contributed by atoms with Crippen molar-refractivity contribution in [3.05, 3.63) is 39.3 Å². The van der Waals surface area contributed by atoms with Crippen LogP contribution in [0.2, 0.25) is 0 Å². The SMILES string of the molecule is CCC(CC)c1cc(C)nn2c(-c3ccsc3C)c(C)nc12. The average Bonchev–Trinajstić information content (AvgIpc) is 3.03. The van der Waals surface area contributed by atoms with E-state index in [1.54, 1.807) is 11.3 Å². The number of aromatic nitrogens is 3. The van der Waals surface area contributed by atoms with Gasteiger partial charge in [-0.2, -0.15) is 5.10 Å². The molecule has 116 valence electrons. The normalized spacial score (nSPS) is 11.7. The highest BCUT2D eigenvalue weighted by Gasteiger charge is 2.20. The molecule has 0 N–H and O–H groups in total. The summed E-state index contributed by atoms with van der Waals surface area (Å²) in [6, 6.07) is 4.39. The van der Waals surface area contributed by atoms with Gasteiger partial charge in [-0.3, -0.25) is 0 Å². The van der Waals surface area contributed by atoms with Crippen molar-refractivity contribution in [3.8, 4) is 11.3 Å². The van der Waals surface area contributed by atoms with Crippen LogP contribution >= 0.6 is 11.3 Å². The first-order chi connectivity index (χ1) is 10.6. The van der Waals surface area contributed by atoms with Gasteiger partial charge in [-0.15, -0.1) is 11.3 Å². The van der Waals surface area contributed by atoms with E-state index in [1.807, 2.05) is 0 Å². The monoisotopic (exact) mass is 313 g/mol. The zero-order chi connectivity index (χ0) is 15.9. The van der Waals surface area contributed by atoms with Crippen LogP contribution in [0.1, 0.15) is 54.4 Å². The molecule has 0 saturated heterocycles. The van der Waals surface area contributed by atoms with Gasteiger partial charge in [-0.25, -0.2) is 9.50 Å². The van der Waals surface area contributed by atoms with E-state index in [9.17, 15) is 0 Å². The maximum Gasteiger partial charge on any atom is 0.157 e. The van der Waals surface area contributed by atoms with Gasteiger partial charge in [-0.05, 0) is 57.0 Å². The highest BCUT2D eigenvalue weighted by molar-refractivity contribution is 7.10. The summed E-state index contributed by atoms with van der Waals surface area (Å²) in [5.41, 5.74) is 6.87. The molecular formula is C18H23N3S. The summed E-state index contributed by atoms with van der Waals surface area (Å²) in [5, 5.41) is 6.90. The number of thiophene rings is 1. The number of nitrogens with zero attached hydrogens (tertiary/aromatic N) is 3. The second-order valence-corrected chi connectivity index (χ2v) is 7.05. The van der Waals surface area contributed by atoms with E-state index in [1.165, 1.54) is 16.0 Å². The summed E-state index contributed by atoms with van der Waals surface area (Å²) in [6.07, 6.45) is 2.27. The molecule has 0 aromatic carbocycles. The van der Waals surface area contributed by atoms with E-state index in [2.05, 4.69) is 56.6 Å². The summed E-state index contributed by atoms with van der Waals surface area (Å²) in [4.78, 5) is 6.19. The molecule has 0 spiro atoms. The largest absolute Gasteiger partial charge is 0.231 e. The Morgan fingerprint density at radius 3 is 2.50 bits per heavy atom. The van der Waals surface area contributed by atoms with Gasteiger partial charge in [0.05, 0.1) is 17.1 Å². The van der Waals surface area contributed by atoms with Crippen molar-refractivity contribution in [2.24, 2.45) is 0 Å². The van der Waals surface area contributed by atoms with Crippen LogP contribution in [0, 0.1) is 20.8 Å². The summed E-state index contributed by atoms with van der Waals surface area (Å²) < 4.78 is 2.06. The molecule has 0 amide bonds. The van der Waals surface area contributed by atoms with Crippen LogP contribution in [-0.4, -0.2) is 14.6 Å². The third-order valence-corrected chi connectivity index (χ3v) is 5.29. The Morgan fingerprint density at radius 1 is 1.18 bits per heavy atom. The van der Waals surface area contributed by atoms with Gasteiger partial charge in [0.15, 0.2) is 5.65 Å². The zero-order valence-electron chi connectivity index (χ0n) is 14.0. The van der Waals surface area contributed by atoms with Crippen LogP contribution in [0.5, 0.6) is 0 Å². The minimum atomic E-state index is 0.544. The first kappa shape index (κ1) is 15.2. The van der Waals surface area contributed by atoms with E-state index in [4.69, 9.17) is 10.1 Å². The molecule has 3 aromatic rings. The fourth-order valence-corrected chi connectivity index (χ4v) is 3.95. The molecule has 0 fully saturated rings. The highest BCUT2D eigenvalue weighted by atomic mass is 32.1. The van der Waals surface area contributed by atoms with Gasteiger partial charge < -0.3 is 0 Å². The van der Waals surface area contributed by atoms with Crippen LogP contribution in [0.25, 0.3) is 16.9 Å². The molecule has 0 radical (unpaired) electrons. The number of aryl methyl sites for hydroxylation is 3. The molecule has 0 aliphatic heterocycles. The zero-order valence-corrected chi connectivity index (χ0v) is 14.8. The topological polar surface area (TPSA) is 30.2 Å². The quantitative estimate of drug-likeness (QED) is 0.655. The van der Waals surface area contributed by atoms with Gasteiger partial charge in [0.25, 0.3) is 0 Å². The predicted octanol–water partition coefficient (Wildman–Crippen LogP) is 5.29. The van der Waals surface area contributed by atoms with Crippen molar-refractivity contribution >= 4 is 17.0 Å². The van der Waals surface area contributed by atoms with Crippen molar-refractivity contribution in [1.82, 2.24) is 14.6 Å². The number of hydrogen-bond donors (Lipinski definition) is 0.